The molecule has 5 nitrogen and oxygen atoms in total. The number of hydrogen-bond donors (Lipinski definition) is 1. The van der Waals surface area contributed by atoms with Crippen molar-refractivity contribution in [1.82, 2.24) is 0 Å². The minimum atomic E-state index is -3.10. The number of ether oxygens (including phenoxy) is 1. The highest BCUT2D eigenvalue weighted by atomic mass is 32.2. The maximum Gasteiger partial charge on any atom is 0.148 e. The van der Waals surface area contributed by atoms with E-state index in [-0.39, 0.29) is 22.8 Å². The van der Waals surface area contributed by atoms with Crippen molar-refractivity contribution in [3.63, 3.8) is 0 Å². The second-order valence-electron chi connectivity index (χ2n) is 5.38. The van der Waals surface area contributed by atoms with Gasteiger partial charge in [0, 0.05) is 28.9 Å². The Morgan fingerprint density at radius 3 is 2.76 bits per heavy atom. The Kier molecular flexibility index (Phi) is 5.06. The zero-order chi connectivity index (χ0) is 15.6. The molecule has 2 N–H and O–H groups in total. The predicted molar refractivity (Wildman–Crippen MR) is 84.8 cm³/mol. The number of rotatable bonds is 5. The summed E-state index contributed by atoms with van der Waals surface area (Å²) >= 11 is 0. The van der Waals surface area contributed by atoms with Gasteiger partial charge in [-0.3, -0.25) is 4.21 Å². The quantitative estimate of drug-likeness (QED) is 0.862. The Balaban J connectivity index is 2.13. The fraction of sp³-hybridized carbons (Fsp3) is 0.571. The molecule has 118 valence electrons. The highest BCUT2D eigenvalue weighted by molar-refractivity contribution is 7.92. The molecule has 0 fully saturated rings. The average Bonchev–Trinajstić information content (AvgIpc) is 2.44. The molecular weight excluding hydrogens is 310 g/mol. The second kappa shape index (κ2) is 6.46. The van der Waals surface area contributed by atoms with Crippen LogP contribution in [0.3, 0.4) is 0 Å². The van der Waals surface area contributed by atoms with Crippen molar-refractivity contribution in [2.45, 2.75) is 24.1 Å². The monoisotopic (exact) mass is 331 g/mol. The molecule has 0 saturated carbocycles. The number of aryl methyl sites for hydroxylation is 1. The summed E-state index contributed by atoms with van der Waals surface area (Å²) < 4.78 is 39.9. The lowest BCUT2D eigenvalue weighted by atomic mass is 9.87. The number of fused-ring (bicyclic) bond motifs is 1. The number of methoxy groups -OCH3 is 1. The first-order valence-electron chi connectivity index (χ1n) is 6.79. The fourth-order valence-electron chi connectivity index (χ4n) is 2.61. The summed E-state index contributed by atoms with van der Waals surface area (Å²) in [7, 11) is -2.71. The molecule has 0 aliphatic heterocycles. The smallest absolute Gasteiger partial charge is 0.148 e. The van der Waals surface area contributed by atoms with Crippen LogP contribution >= 0.6 is 0 Å². The van der Waals surface area contributed by atoms with Crippen molar-refractivity contribution in [2.24, 2.45) is 5.73 Å². The third-order valence-electron chi connectivity index (χ3n) is 3.80. The van der Waals surface area contributed by atoms with Gasteiger partial charge in [-0.2, -0.15) is 0 Å². The van der Waals surface area contributed by atoms with Crippen molar-refractivity contribution >= 4 is 20.6 Å². The van der Waals surface area contributed by atoms with Crippen LogP contribution in [0.2, 0.25) is 0 Å². The SMILES string of the molecule is COc1ccc2c(c1)CCC(S(=O)CCS(C)(=O)=O)C2N. The third kappa shape index (κ3) is 4.05. The van der Waals surface area contributed by atoms with E-state index < -0.39 is 20.6 Å². The molecule has 1 aliphatic carbocycles. The number of sulfone groups is 1. The molecule has 0 saturated heterocycles. The average molecular weight is 331 g/mol. The van der Waals surface area contributed by atoms with E-state index in [1.807, 2.05) is 18.2 Å². The molecule has 1 aromatic rings. The Hall–Kier alpha value is -0.920. The molecule has 0 aromatic heterocycles. The molecule has 1 aliphatic rings. The standard InChI is InChI=1S/C14H21NO4S2/c1-19-11-4-5-12-10(9-11)3-6-13(14(12)15)20(16)7-8-21(2,17)18/h4-5,9,13-14H,3,6-8,15H2,1-2H3. The zero-order valence-corrected chi connectivity index (χ0v) is 13.9. The topological polar surface area (TPSA) is 86.5 Å². The van der Waals surface area contributed by atoms with Crippen LogP contribution in [-0.2, 0) is 27.1 Å². The van der Waals surface area contributed by atoms with Crippen LogP contribution in [0.25, 0.3) is 0 Å². The minimum absolute atomic E-state index is 0.0572. The summed E-state index contributed by atoms with van der Waals surface area (Å²) in [6.07, 6.45) is 2.65. The Morgan fingerprint density at radius 1 is 1.43 bits per heavy atom. The van der Waals surface area contributed by atoms with Gasteiger partial charge >= 0.3 is 0 Å². The summed E-state index contributed by atoms with van der Waals surface area (Å²) in [4.78, 5) is 0. The van der Waals surface area contributed by atoms with E-state index in [9.17, 15) is 12.6 Å². The molecule has 0 bridgehead atoms. The summed E-state index contributed by atoms with van der Waals surface area (Å²) in [5, 5.41) is -0.187. The van der Waals surface area contributed by atoms with Crippen LogP contribution in [-0.4, -0.2) is 42.7 Å². The van der Waals surface area contributed by atoms with E-state index in [4.69, 9.17) is 10.5 Å². The Morgan fingerprint density at radius 2 is 2.14 bits per heavy atom. The van der Waals surface area contributed by atoms with Gasteiger partial charge in [0.2, 0.25) is 0 Å². The van der Waals surface area contributed by atoms with Gasteiger partial charge in [0.05, 0.1) is 18.1 Å². The maximum absolute atomic E-state index is 12.3. The Bertz CT molecular complexity index is 642. The van der Waals surface area contributed by atoms with Crippen molar-refractivity contribution in [3.05, 3.63) is 29.3 Å². The fourth-order valence-corrected chi connectivity index (χ4v) is 5.63. The van der Waals surface area contributed by atoms with Gasteiger partial charge in [-0.25, -0.2) is 8.42 Å². The normalized spacial score (nSPS) is 23.4. The van der Waals surface area contributed by atoms with E-state index in [2.05, 4.69) is 0 Å². The molecule has 1 aromatic carbocycles. The largest absolute Gasteiger partial charge is 0.497 e. The van der Waals surface area contributed by atoms with Gasteiger partial charge in [-0.15, -0.1) is 0 Å². The lowest BCUT2D eigenvalue weighted by Gasteiger charge is -2.30. The van der Waals surface area contributed by atoms with Gasteiger partial charge in [0.1, 0.15) is 15.6 Å². The summed E-state index contributed by atoms with van der Waals surface area (Å²) in [5.74, 6) is 0.888. The number of hydrogen-bond acceptors (Lipinski definition) is 5. The highest BCUT2D eigenvalue weighted by Gasteiger charge is 2.31. The van der Waals surface area contributed by atoms with Crippen LogP contribution in [0.15, 0.2) is 18.2 Å². The maximum atomic E-state index is 12.3. The first-order chi connectivity index (χ1) is 9.81. The van der Waals surface area contributed by atoms with E-state index in [0.29, 0.717) is 6.42 Å². The molecule has 0 heterocycles. The van der Waals surface area contributed by atoms with Crippen molar-refractivity contribution in [2.75, 3.05) is 24.9 Å². The first-order valence-corrected chi connectivity index (χ1v) is 10.2. The lowest BCUT2D eigenvalue weighted by Crippen LogP contribution is -2.36. The van der Waals surface area contributed by atoms with Gasteiger partial charge < -0.3 is 10.5 Å². The third-order valence-corrected chi connectivity index (χ3v) is 6.82. The van der Waals surface area contributed by atoms with Crippen LogP contribution < -0.4 is 10.5 Å². The van der Waals surface area contributed by atoms with Crippen molar-refractivity contribution < 1.29 is 17.4 Å². The molecule has 0 spiro atoms. The van der Waals surface area contributed by atoms with Gasteiger partial charge in [0.25, 0.3) is 0 Å². The molecule has 7 heteroatoms. The van der Waals surface area contributed by atoms with E-state index in [1.54, 1.807) is 7.11 Å². The summed E-state index contributed by atoms with van der Waals surface area (Å²) in [5.41, 5.74) is 8.35. The number of nitrogens with two attached hydrogens (primary N) is 1. The van der Waals surface area contributed by atoms with Crippen molar-refractivity contribution in [1.29, 1.82) is 0 Å². The van der Waals surface area contributed by atoms with Crippen LogP contribution in [0.4, 0.5) is 0 Å². The van der Waals surface area contributed by atoms with Crippen LogP contribution in [0, 0.1) is 0 Å². The second-order valence-corrected chi connectivity index (χ2v) is 9.42. The predicted octanol–water partition coefficient (Wildman–Crippen LogP) is 0.803. The molecule has 0 amide bonds. The van der Waals surface area contributed by atoms with Crippen LogP contribution in [0.1, 0.15) is 23.6 Å². The van der Waals surface area contributed by atoms with E-state index >= 15 is 0 Å². The molecule has 3 atom stereocenters. The van der Waals surface area contributed by atoms with Crippen molar-refractivity contribution in [3.8, 4) is 5.75 Å². The highest BCUT2D eigenvalue weighted by Crippen LogP contribution is 2.33. The van der Waals surface area contributed by atoms with Crippen LogP contribution in [0.5, 0.6) is 5.75 Å². The molecule has 3 unspecified atom stereocenters. The number of benzene rings is 1. The summed E-state index contributed by atoms with van der Waals surface area (Å²) in [6, 6.07) is 5.41. The first kappa shape index (κ1) is 16.5. The molecule has 21 heavy (non-hydrogen) atoms. The Labute approximate surface area is 128 Å². The van der Waals surface area contributed by atoms with E-state index in [0.717, 1.165) is 29.6 Å². The molecule has 2 rings (SSSR count). The summed E-state index contributed by atoms with van der Waals surface area (Å²) in [6.45, 7) is 0. The van der Waals surface area contributed by atoms with Gasteiger partial charge in [0.15, 0.2) is 0 Å². The zero-order valence-electron chi connectivity index (χ0n) is 12.2. The van der Waals surface area contributed by atoms with Gasteiger partial charge in [-0.05, 0) is 36.1 Å². The minimum Gasteiger partial charge on any atom is -0.497 e. The lowest BCUT2D eigenvalue weighted by molar-refractivity contribution is 0.413. The van der Waals surface area contributed by atoms with E-state index in [1.165, 1.54) is 0 Å². The molecule has 0 radical (unpaired) electrons. The van der Waals surface area contributed by atoms with Gasteiger partial charge in [-0.1, -0.05) is 6.07 Å². The molecular formula is C14H21NO4S2.